The van der Waals surface area contributed by atoms with Gasteiger partial charge in [0.1, 0.15) is 0 Å². The molecule has 1 aromatic heterocycles. The molecule has 0 radical (unpaired) electrons. The minimum absolute atomic E-state index is 0.169. The molecule has 202 valence electrons. The molecule has 0 amide bonds. The molecule has 42 heavy (non-hydrogen) atoms. The molecule has 1 saturated carbocycles. The van der Waals surface area contributed by atoms with E-state index in [9.17, 15) is 0 Å². The first-order valence-electron chi connectivity index (χ1n) is 15.1. The van der Waals surface area contributed by atoms with Crippen molar-refractivity contribution in [3.05, 3.63) is 145 Å². The summed E-state index contributed by atoms with van der Waals surface area (Å²) < 4.78 is 0. The Hall–Kier alpha value is -4.82. The summed E-state index contributed by atoms with van der Waals surface area (Å²) in [5.41, 5.74) is 13.7. The molecule has 5 aromatic carbocycles. The highest BCUT2D eigenvalue weighted by atomic mass is 14.9. The van der Waals surface area contributed by atoms with Crippen molar-refractivity contribution in [2.24, 2.45) is 0 Å². The molecule has 2 aliphatic carbocycles. The largest absolute Gasteiger partial charge is 0.228 e. The molecule has 1 fully saturated rings. The van der Waals surface area contributed by atoms with Gasteiger partial charge in [-0.1, -0.05) is 141 Å². The maximum absolute atomic E-state index is 5.02. The van der Waals surface area contributed by atoms with Crippen molar-refractivity contribution in [3.63, 3.8) is 0 Å². The Bertz CT molecular complexity index is 1830. The van der Waals surface area contributed by atoms with Crippen molar-refractivity contribution in [3.8, 4) is 56.2 Å². The summed E-state index contributed by atoms with van der Waals surface area (Å²) in [6.07, 6.45) is 6.46. The van der Waals surface area contributed by atoms with Crippen LogP contribution in [-0.4, -0.2) is 9.97 Å². The lowest BCUT2D eigenvalue weighted by Gasteiger charge is -2.36. The molecule has 0 N–H and O–H groups in total. The quantitative estimate of drug-likeness (QED) is 0.222. The van der Waals surface area contributed by atoms with Gasteiger partial charge in [0.2, 0.25) is 0 Å². The minimum Gasteiger partial charge on any atom is -0.228 e. The summed E-state index contributed by atoms with van der Waals surface area (Å²) in [6.45, 7) is 0. The second-order valence-corrected chi connectivity index (χ2v) is 11.7. The Morgan fingerprint density at radius 3 is 1.67 bits per heavy atom. The maximum atomic E-state index is 5.02. The monoisotopic (exact) mass is 540 g/mol. The van der Waals surface area contributed by atoms with Gasteiger partial charge in [0, 0.05) is 22.1 Å². The van der Waals surface area contributed by atoms with Crippen LogP contribution < -0.4 is 0 Å². The molecular weight excluding hydrogens is 508 g/mol. The first kappa shape index (κ1) is 24.9. The van der Waals surface area contributed by atoms with E-state index < -0.39 is 0 Å². The van der Waals surface area contributed by atoms with Gasteiger partial charge in [0.15, 0.2) is 5.82 Å². The predicted molar refractivity (Wildman–Crippen MR) is 173 cm³/mol. The molecule has 8 rings (SSSR count). The molecular formula is C40H32N2. The van der Waals surface area contributed by atoms with Gasteiger partial charge in [0.05, 0.1) is 11.4 Å². The van der Waals surface area contributed by atoms with Crippen LogP contribution >= 0.6 is 0 Å². The molecule has 1 heterocycles. The molecule has 2 aliphatic rings. The van der Waals surface area contributed by atoms with Gasteiger partial charge in [-0.25, -0.2) is 9.97 Å². The van der Waals surface area contributed by atoms with Crippen molar-refractivity contribution in [2.45, 2.75) is 37.5 Å². The van der Waals surface area contributed by atoms with Crippen LogP contribution in [0, 0.1) is 0 Å². The van der Waals surface area contributed by atoms with E-state index in [4.69, 9.17) is 9.97 Å². The highest BCUT2D eigenvalue weighted by Crippen LogP contribution is 2.56. The molecule has 0 aliphatic heterocycles. The van der Waals surface area contributed by atoms with E-state index in [2.05, 4.69) is 109 Å². The molecule has 6 aromatic rings. The van der Waals surface area contributed by atoms with Gasteiger partial charge in [-0.05, 0) is 58.4 Å². The lowest BCUT2D eigenvalue weighted by atomic mass is 9.67. The van der Waals surface area contributed by atoms with E-state index in [1.165, 1.54) is 59.9 Å². The Balaban J connectivity index is 1.18. The van der Waals surface area contributed by atoms with Crippen LogP contribution in [0.25, 0.3) is 56.2 Å². The Morgan fingerprint density at radius 1 is 0.405 bits per heavy atom. The van der Waals surface area contributed by atoms with Crippen molar-refractivity contribution < 1.29 is 0 Å². The van der Waals surface area contributed by atoms with Crippen LogP contribution in [0.1, 0.15) is 43.2 Å². The van der Waals surface area contributed by atoms with Crippen molar-refractivity contribution in [1.82, 2.24) is 9.97 Å². The number of hydrogen-bond donors (Lipinski definition) is 0. The van der Waals surface area contributed by atoms with Crippen LogP contribution in [-0.2, 0) is 5.41 Å². The van der Waals surface area contributed by atoms with Gasteiger partial charge in [0.25, 0.3) is 0 Å². The fraction of sp³-hybridized carbons (Fsp3) is 0.150. The zero-order chi connectivity index (χ0) is 27.9. The number of nitrogens with zero attached hydrogens (tertiary/aromatic N) is 2. The zero-order valence-electron chi connectivity index (χ0n) is 23.6. The number of benzene rings is 5. The zero-order valence-corrected chi connectivity index (χ0v) is 23.6. The Kier molecular flexibility index (Phi) is 6.07. The van der Waals surface area contributed by atoms with Crippen molar-refractivity contribution in [1.29, 1.82) is 0 Å². The van der Waals surface area contributed by atoms with Crippen LogP contribution in [0.5, 0.6) is 0 Å². The van der Waals surface area contributed by atoms with E-state index in [0.717, 1.165) is 33.9 Å². The van der Waals surface area contributed by atoms with Crippen LogP contribution in [0.2, 0.25) is 0 Å². The average molecular weight is 541 g/mol. The second-order valence-electron chi connectivity index (χ2n) is 11.7. The van der Waals surface area contributed by atoms with E-state index in [1.807, 2.05) is 24.3 Å². The van der Waals surface area contributed by atoms with Gasteiger partial charge >= 0.3 is 0 Å². The summed E-state index contributed by atoms with van der Waals surface area (Å²) in [6, 6.07) is 47.9. The Labute approximate surface area is 247 Å². The van der Waals surface area contributed by atoms with Crippen LogP contribution in [0.4, 0.5) is 0 Å². The first-order chi connectivity index (χ1) is 20.8. The maximum Gasteiger partial charge on any atom is 0.160 e. The van der Waals surface area contributed by atoms with Crippen molar-refractivity contribution >= 4 is 0 Å². The average Bonchev–Trinajstić information content (AvgIpc) is 3.34. The lowest BCUT2D eigenvalue weighted by molar-refractivity contribution is 0.353. The molecule has 2 heteroatoms. The second kappa shape index (κ2) is 10.2. The fourth-order valence-electron chi connectivity index (χ4n) is 7.23. The first-order valence-corrected chi connectivity index (χ1v) is 15.1. The van der Waals surface area contributed by atoms with Crippen LogP contribution in [0.3, 0.4) is 0 Å². The standard InChI is InChI=1S/C40H32N2/c1-4-12-29(13-5-1)37-27-38(42-39(41-37)31-14-6-2-7-15-31)30-20-18-28(19-21-30)32-22-23-34-33-16-8-9-17-35(33)40(36(34)26-32)24-10-3-11-25-40/h1-2,4-9,12-23,26-27H,3,10-11,24-25H2. The van der Waals surface area contributed by atoms with Crippen LogP contribution in [0.15, 0.2) is 133 Å². The molecule has 2 nitrogen and oxygen atoms in total. The Morgan fingerprint density at radius 2 is 0.952 bits per heavy atom. The van der Waals surface area contributed by atoms with Gasteiger partial charge < -0.3 is 0 Å². The van der Waals surface area contributed by atoms with E-state index in [0.29, 0.717) is 0 Å². The van der Waals surface area contributed by atoms with E-state index >= 15 is 0 Å². The number of aromatic nitrogens is 2. The van der Waals surface area contributed by atoms with Gasteiger partial charge in [-0.3, -0.25) is 0 Å². The van der Waals surface area contributed by atoms with E-state index in [1.54, 1.807) is 5.56 Å². The summed E-state index contributed by atoms with van der Waals surface area (Å²) in [7, 11) is 0. The summed E-state index contributed by atoms with van der Waals surface area (Å²) >= 11 is 0. The lowest BCUT2D eigenvalue weighted by Crippen LogP contribution is -2.28. The third-order valence-electron chi connectivity index (χ3n) is 9.32. The predicted octanol–water partition coefficient (Wildman–Crippen LogP) is 10.4. The summed E-state index contributed by atoms with van der Waals surface area (Å²) in [5.74, 6) is 0.743. The minimum atomic E-state index is 0.169. The molecule has 1 spiro atoms. The van der Waals surface area contributed by atoms with Crippen molar-refractivity contribution in [2.75, 3.05) is 0 Å². The summed E-state index contributed by atoms with van der Waals surface area (Å²) in [5, 5.41) is 0. The topological polar surface area (TPSA) is 25.8 Å². The third-order valence-corrected chi connectivity index (χ3v) is 9.32. The SMILES string of the molecule is c1ccc(-c2cc(-c3ccc(-c4ccc5c(c4)C4(CCCCC4)c4ccccc4-5)cc3)nc(-c3ccccc3)n2)cc1. The number of fused-ring (bicyclic) bond motifs is 5. The normalized spacial score (nSPS) is 14.9. The molecule has 0 saturated heterocycles. The number of rotatable bonds is 4. The fourth-order valence-corrected chi connectivity index (χ4v) is 7.23. The highest BCUT2D eigenvalue weighted by Gasteiger charge is 2.43. The van der Waals surface area contributed by atoms with Gasteiger partial charge in [-0.15, -0.1) is 0 Å². The highest BCUT2D eigenvalue weighted by molar-refractivity contribution is 5.84. The number of hydrogen-bond acceptors (Lipinski definition) is 2. The molecule has 0 atom stereocenters. The smallest absolute Gasteiger partial charge is 0.160 e. The molecule has 0 bridgehead atoms. The molecule has 0 unspecified atom stereocenters. The third kappa shape index (κ3) is 4.18. The van der Waals surface area contributed by atoms with E-state index in [-0.39, 0.29) is 5.41 Å². The summed E-state index contributed by atoms with van der Waals surface area (Å²) in [4.78, 5) is 9.96. The van der Waals surface area contributed by atoms with Gasteiger partial charge in [-0.2, -0.15) is 0 Å².